The van der Waals surface area contributed by atoms with E-state index in [9.17, 15) is 60.9 Å². The van der Waals surface area contributed by atoms with Crippen molar-refractivity contribution in [3.8, 4) is 5.75 Å². The lowest BCUT2D eigenvalue weighted by molar-refractivity contribution is 0.284. The predicted molar refractivity (Wildman–Crippen MR) is 173 cm³/mol. The molecule has 0 aliphatic carbocycles. The molecule has 29 heteroatoms. The van der Waals surface area contributed by atoms with Crippen LogP contribution in [0.1, 0.15) is 0 Å². The third kappa shape index (κ3) is 9.56. The van der Waals surface area contributed by atoms with Crippen molar-refractivity contribution < 1.29 is 69.6 Å². The molecular formula is C22H20ClN7O16S5. The molecule has 0 aliphatic heterocycles. The molecule has 0 amide bonds. The zero-order chi connectivity index (χ0) is 38.3. The van der Waals surface area contributed by atoms with Crippen LogP contribution in [0.25, 0.3) is 10.8 Å². The summed E-state index contributed by atoms with van der Waals surface area (Å²) in [5, 5.41) is 22.1. The predicted octanol–water partition coefficient (Wildman–Crippen LogP) is 1.92. The van der Waals surface area contributed by atoms with Crippen LogP contribution in [0.3, 0.4) is 0 Å². The van der Waals surface area contributed by atoms with Crippen LogP contribution in [0.4, 0.5) is 29.0 Å². The number of rotatable bonds is 13. The minimum absolute atomic E-state index is 0.0972. The fourth-order valence-corrected chi connectivity index (χ4v) is 7.68. The molecule has 0 radical (unpaired) electrons. The molecule has 1 heterocycles. The zero-order valence-electron chi connectivity index (χ0n) is 24.8. The monoisotopic (exact) mass is 833 g/mol. The summed E-state index contributed by atoms with van der Waals surface area (Å²) in [5.74, 6) is -2.76. The number of benzene rings is 3. The summed E-state index contributed by atoms with van der Waals surface area (Å²) in [6.45, 7) is -1.09. The Kier molecular flexibility index (Phi) is 10.9. The number of sulfone groups is 1. The average molecular weight is 834 g/mol. The number of nitrogens with one attached hydrogen (secondary N) is 2. The van der Waals surface area contributed by atoms with Crippen LogP contribution < -0.4 is 10.6 Å². The number of anilines is 3. The molecule has 4 rings (SSSR count). The highest BCUT2D eigenvalue weighted by molar-refractivity contribution is 7.91. The summed E-state index contributed by atoms with van der Waals surface area (Å²) in [4.78, 5) is 7.31. The van der Waals surface area contributed by atoms with Gasteiger partial charge in [-0.25, -0.2) is 12.6 Å². The third-order valence-electron chi connectivity index (χ3n) is 6.19. The molecule has 0 saturated heterocycles. The largest absolute Gasteiger partial charge is 0.505 e. The highest BCUT2D eigenvalue weighted by Gasteiger charge is 2.27. The van der Waals surface area contributed by atoms with Gasteiger partial charge in [0.15, 0.2) is 15.6 Å². The van der Waals surface area contributed by atoms with Crippen LogP contribution in [0.5, 0.6) is 5.75 Å². The van der Waals surface area contributed by atoms with Gasteiger partial charge in [-0.05, 0) is 53.4 Å². The number of hydrogen-bond donors (Lipinski definition) is 7. The van der Waals surface area contributed by atoms with Crippen molar-refractivity contribution in [1.29, 1.82) is 0 Å². The van der Waals surface area contributed by atoms with Gasteiger partial charge in [-0.3, -0.25) is 18.2 Å². The Morgan fingerprint density at radius 1 is 0.765 bits per heavy atom. The number of halogens is 1. The number of phenolic OH excluding ortho intramolecular Hbond substituents is 1. The molecule has 1 aromatic heterocycles. The van der Waals surface area contributed by atoms with Crippen molar-refractivity contribution in [2.24, 2.45) is 10.2 Å². The quantitative estimate of drug-likeness (QED) is 0.0747. The summed E-state index contributed by atoms with van der Waals surface area (Å²) in [6.07, 6.45) is 0. The molecule has 0 bridgehead atoms. The van der Waals surface area contributed by atoms with Crippen molar-refractivity contribution in [2.75, 3.05) is 30.0 Å². The second-order valence-corrected chi connectivity index (χ2v) is 17.3. The number of azo groups is 1. The van der Waals surface area contributed by atoms with E-state index in [-0.39, 0.29) is 17.2 Å². The van der Waals surface area contributed by atoms with Gasteiger partial charge < -0.3 is 15.7 Å². The Morgan fingerprint density at radius 3 is 1.96 bits per heavy atom. The van der Waals surface area contributed by atoms with E-state index in [4.69, 9.17) is 16.2 Å². The maximum absolute atomic E-state index is 12.6. The lowest BCUT2D eigenvalue weighted by Crippen LogP contribution is -2.16. The van der Waals surface area contributed by atoms with Crippen molar-refractivity contribution in [1.82, 2.24) is 15.0 Å². The molecule has 0 aliphatic rings. The molecule has 0 saturated carbocycles. The first-order valence-corrected chi connectivity index (χ1v) is 20.5. The average Bonchev–Trinajstić information content (AvgIpc) is 2.97. The fourth-order valence-electron chi connectivity index (χ4n) is 4.09. The Labute approximate surface area is 292 Å². The minimum atomic E-state index is -5.39. The number of fused-ring (bicyclic) bond motifs is 1. The molecule has 23 nitrogen and oxygen atoms in total. The molecule has 4 aromatic rings. The Bertz CT molecular complexity index is 2680. The number of aromatic nitrogens is 3. The van der Waals surface area contributed by atoms with E-state index in [0.717, 1.165) is 6.07 Å². The summed E-state index contributed by atoms with van der Waals surface area (Å²) in [6, 6.07) is 3.78. The minimum Gasteiger partial charge on any atom is -0.505 e. The van der Waals surface area contributed by atoms with Gasteiger partial charge in [0.2, 0.25) is 17.2 Å². The van der Waals surface area contributed by atoms with Gasteiger partial charge in [0.1, 0.15) is 21.2 Å². The molecule has 0 spiro atoms. The lowest BCUT2D eigenvalue weighted by atomic mass is 10.1. The number of phenols is 1. The number of hydrogen-bond acceptors (Lipinski definition) is 19. The molecule has 0 unspecified atom stereocenters. The lowest BCUT2D eigenvalue weighted by Gasteiger charge is -2.15. The molecule has 3 aromatic carbocycles. The van der Waals surface area contributed by atoms with Crippen molar-refractivity contribution in [2.45, 2.75) is 19.6 Å². The van der Waals surface area contributed by atoms with Crippen LogP contribution in [-0.4, -0.2) is 99.8 Å². The van der Waals surface area contributed by atoms with Crippen LogP contribution in [0.2, 0.25) is 5.28 Å². The Balaban J connectivity index is 1.96. The van der Waals surface area contributed by atoms with Crippen LogP contribution >= 0.6 is 11.6 Å². The Morgan fingerprint density at radius 2 is 1.39 bits per heavy atom. The molecule has 0 fully saturated rings. The summed E-state index contributed by atoms with van der Waals surface area (Å²) < 4.78 is 162. The first-order chi connectivity index (χ1) is 23.3. The smallest absolute Gasteiger partial charge is 0.397 e. The van der Waals surface area contributed by atoms with Gasteiger partial charge in [-0.15, -0.1) is 10.2 Å². The standard InChI is InChI=1S/C22H20ClN7O16S5/c1-24-21-26-20(23)27-22(28-21)25-14-8-12(48(34,35)36)6-10-7-16(50(40,41)42)18(19(31)17(10)14)30-29-13-3-2-11(9-15(13)49(37,38)39)47(32,33)5-4-46-51(43,44)45/h2-3,6-9,31H,4-5H2,1H3,(H,34,35,36)(H,37,38,39)(H,40,41,42)(H,43,44,45)(H2,24,25,26,27,28). The molecular weight excluding hydrogens is 814 g/mol. The second-order valence-electron chi connectivity index (χ2n) is 9.59. The second kappa shape index (κ2) is 14.1. The van der Waals surface area contributed by atoms with Crippen molar-refractivity contribution in [3.63, 3.8) is 0 Å². The van der Waals surface area contributed by atoms with E-state index in [1.165, 1.54) is 7.05 Å². The highest BCUT2D eigenvalue weighted by atomic mass is 35.5. The SMILES string of the molecule is CNc1nc(Cl)nc(Nc2cc(S(=O)(=O)O)cc3cc(S(=O)(=O)O)c(N=Nc4ccc(S(=O)(=O)CCOS(=O)(=O)O)cc4S(=O)(=O)O)c(O)c23)n1. The van der Waals surface area contributed by atoms with Gasteiger partial charge in [-0.1, -0.05) is 0 Å². The van der Waals surface area contributed by atoms with Gasteiger partial charge in [-0.2, -0.15) is 48.6 Å². The van der Waals surface area contributed by atoms with E-state index >= 15 is 0 Å². The third-order valence-corrected chi connectivity index (χ3v) is 11.1. The van der Waals surface area contributed by atoms with Gasteiger partial charge in [0.05, 0.1) is 27.8 Å². The van der Waals surface area contributed by atoms with Crippen molar-refractivity contribution in [3.05, 3.63) is 41.7 Å². The normalized spacial score (nSPS) is 13.1. The summed E-state index contributed by atoms with van der Waals surface area (Å²) >= 11 is 5.88. The molecule has 7 N–H and O–H groups in total. The van der Waals surface area contributed by atoms with E-state index < -0.39 is 116 Å². The zero-order valence-corrected chi connectivity index (χ0v) is 29.6. The van der Waals surface area contributed by atoms with Crippen LogP contribution in [-0.2, 0) is 54.8 Å². The molecule has 51 heavy (non-hydrogen) atoms. The number of aromatic hydroxyl groups is 1. The highest BCUT2D eigenvalue weighted by Crippen LogP contribution is 2.46. The van der Waals surface area contributed by atoms with E-state index in [2.05, 4.69) is 40.0 Å². The summed E-state index contributed by atoms with van der Waals surface area (Å²) in [7, 11) is -24.0. The van der Waals surface area contributed by atoms with E-state index in [1.807, 2.05) is 0 Å². The fraction of sp³-hybridized carbons (Fsp3) is 0.136. The summed E-state index contributed by atoms with van der Waals surface area (Å²) in [5.41, 5.74) is -2.44. The maximum atomic E-state index is 12.6. The van der Waals surface area contributed by atoms with Gasteiger partial charge >= 0.3 is 10.4 Å². The Hall–Kier alpha value is -4.23. The first kappa shape index (κ1) is 39.6. The molecule has 276 valence electrons. The number of nitrogens with zero attached hydrogens (tertiary/aromatic N) is 5. The van der Waals surface area contributed by atoms with E-state index in [1.54, 1.807) is 0 Å². The van der Waals surface area contributed by atoms with Crippen molar-refractivity contribution >= 4 is 102 Å². The van der Waals surface area contributed by atoms with Crippen LogP contribution in [0.15, 0.2) is 66.2 Å². The van der Waals surface area contributed by atoms with Gasteiger partial charge in [0.25, 0.3) is 30.4 Å². The van der Waals surface area contributed by atoms with Crippen LogP contribution in [0, 0.1) is 0 Å². The maximum Gasteiger partial charge on any atom is 0.397 e. The first-order valence-electron chi connectivity index (χ1n) is 12.8. The van der Waals surface area contributed by atoms with Gasteiger partial charge in [0, 0.05) is 12.4 Å². The van der Waals surface area contributed by atoms with E-state index in [0.29, 0.717) is 30.3 Å². The topological polar surface area (TPSA) is 369 Å². The molecule has 0 atom stereocenters.